The van der Waals surface area contributed by atoms with Crippen LogP contribution in [0.15, 0.2) is 47.1 Å². The first-order valence-corrected chi connectivity index (χ1v) is 8.81. The van der Waals surface area contributed by atoms with E-state index in [1.165, 1.54) is 6.26 Å². The van der Waals surface area contributed by atoms with Crippen LogP contribution in [0.5, 0.6) is 5.75 Å². The first kappa shape index (κ1) is 17.9. The van der Waals surface area contributed by atoms with Crippen LogP contribution in [0.1, 0.15) is 17.0 Å². The number of amides is 2. The zero-order valence-electron chi connectivity index (χ0n) is 13.6. The lowest BCUT2D eigenvalue weighted by molar-refractivity contribution is -0.118. The third kappa shape index (κ3) is 5.06. The molecule has 0 aliphatic heterocycles. The Kier molecular flexibility index (Phi) is 6.74. The average molecular weight is 348 g/mol. The standard InChI is InChI=1S/C17H20N2O4S/c1-22-13-7-5-12(6-8-13)18-16(20)14(9-11-24-2)19-17(21)15-4-3-10-23-15/h3-8,10,14H,9,11H2,1-2H3,(H,18,20)(H,19,21)/t14-/m0/s1. The van der Waals surface area contributed by atoms with Crippen LogP contribution in [-0.2, 0) is 4.79 Å². The molecule has 1 heterocycles. The van der Waals surface area contributed by atoms with Crippen LogP contribution in [-0.4, -0.2) is 37.0 Å². The first-order valence-electron chi connectivity index (χ1n) is 7.42. The lowest BCUT2D eigenvalue weighted by Crippen LogP contribution is -2.44. The molecule has 6 nitrogen and oxygen atoms in total. The molecule has 0 radical (unpaired) electrons. The Balaban J connectivity index is 2.02. The van der Waals surface area contributed by atoms with Crippen LogP contribution in [0, 0.1) is 0 Å². The van der Waals surface area contributed by atoms with Gasteiger partial charge in [-0.3, -0.25) is 9.59 Å². The molecule has 2 N–H and O–H groups in total. The number of carbonyl (C=O) groups is 2. The van der Waals surface area contributed by atoms with Crippen molar-refractivity contribution < 1.29 is 18.7 Å². The van der Waals surface area contributed by atoms with Gasteiger partial charge in [-0.1, -0.05) is 0 Å². The van der Waals surface area contributed by atoms with Crippen molar-refractivity contribution in [3.63, 3.8) is 0 Å². The minimum absolute atomic E-state index is 0.182. The molecule has 128 valence electrons. The van der Waals surface area contributed by atoms with Gasteiger partial charge in [-0.2, -0.15) is 11.8 Å². The molecule has 0 unspecified atom stereocenters. The highest BCUT2D eigenvalue weighted by atomic mass is 32.2. The molecule has 0 fully saturated rings. The van der Waals surface area contributed by atoms with E-state index in [-0.39, 0.29) is 11.7 Å². The van der Waals surface area contributed by atoms with Crippen molar-refractivity contribution in [2.45, 2.75) is 12.5 Å². The molecule has 0 saturated heterocycles. The highest BCUT2D eigenvalue weighted by Crippen LogP contribution is 2.16. The highest BCUT2D eigenvalue weighted by Gasteiger charge is 2.22. The van der Waals surface area contributed by atoms with E-state index in [4.69, 9.17) is 9.15 Å². The van der Waals surface area contributed by atoms with Gasteiger partial charge in [-0.15, -0.1) is 0 Å². The number of rotatable bonds is 8. The molecule has 1 aromatic carbocycles. The van der Waals surface area contributed by atoms with E-state index < -0.39 is 11.9 Å². The fourth-order valence-corrected chi connectivity index (χ4v) is 2.52. The number of hydrogen-bond acceptors (Lipinski definition) is 5. The summed E-state index contributed by atoms with van der Waals surface area (Å²) in [5.41, 5.74) is 0.641. The van der Waals surface area contributed by atoms with E-state index >= 15 is 0 Å². The summed E-state index contributed by atoms with van der Waals surface area (Å²) in [4.78, 5) is 24.6. The quantitative estimate of drug-likeness (QED) is 0.767. The zero-order valence-corrected chi connectivity index (χ0v) is 14.4. The van der Waals surface area contributed by atoms with Gasteiger partial charge < -0.3 is 19.8 Å². The largest absolute Gasteiger partial charge is 0.497 e. The summed E-state index contributed by atoms with van der Waals surface area (Å²) in [6, 6.07) is 9.55. The number of ether oxygens (including phenoxy) is 1. The van der Waals surface area contributed by atoms with Crippen molar-refractivity contribution in [3.05, 3.63) is 48.4 Å². The fraction of sp³-hybridized carbons (Fsp3) is 0.294. The molecule has 0 bridgehead atoms. The highest BCUT2D eigenvalue weighted by molar-refractivity contribution is 7.98. The van der Waals surface area contributed by atoms with Crippen LogP contribution < -0.4 is 15.4 Å². The Hall–Kier alpha value is -2.41. The van der Waals surface area contributed by atoms with Crippen molar-refractivity contribution in [2.75, 3.05) is 24.4 Å². The molecule has 7 heteroatoms. The Morgan fingerprint density at radius 1 is 1.25 bits per heavy atom. The summed E-state index contributed by atoms with van der Waals surface area (Å²) >= 11 is 1.61. The van der Waals surface area contributed by atoms with Gasteiger partial charge in [0, 0.05) is 5.69 Å². The SMILES string of the molecule is COc1ccc(NC(=O)[C@H](CCSC)NC(=O)c2ccco2)cc1. The van der Waals surface area contributed by atoms with Gasteiger partial charge in [0.15, 0.2) is 5.76 Å². The molecule has 0 spiro atoms. The maximum Gasteiger partial charge on any atom is 0.287 e. The summed E-state index contributed by atoms with van der Waals surface area (Å²) < 4.78 is 10.1. The lowest BCUT2D eigenvalue weighted by atomic mass is 10.2. The number of thioether (sulfide) groups is 1. The van der Waals surface area contributed by atoms with Crippen LogP contribution in [0.4, 0.5) is 5.69 Å². The molecule has 2 aromatic rings. The Morgan fingerprint density at radius 3 is 2.58 bits per heavy atom. The topological polar surface area (TPSA) is 80.6 Å². The van der Waals surface area contributed by atoms with Crippen LogP contribution in [0.25, 0.3) is 0 Å². The minimum atomic E-state index is -0.642. The molecular formula is C17H20N2O4S. The van der Waals surface area contributed by atoms with Crippen molar-refractivity contribution in [1.29, 1.82) is 0 Å². The van der Waals surface area contributed by atoms with Gasteiger partial charge in [0.2, 0.25) is 5.91 Å². The number of methoxy groups -OCH3 is 1. The maximum atomic E-state index is 12.5. The van der Waals surface area contributed by atoms with Gasteiger partial charge in [0.25, 0.3) is 5.91 Å². The normalized spacial score (nSPS) is 11.6. The average Bonchev–Trinajstić information content (AvgIpc) is 3.13. The number of nitrogens with one attached hydrogen (secondary N) is 2. The van der Waals surface area contributed by atoms with Crippen molar-refractivity contribution in [1.82, 2.24) is 5.32 Å². The number of benzene rings is 1. The van der Waals surface area contributed by atoms with Gasteiger partial charge in [0.05, 0.1) is 13.4 Å². The van der Waals surface area contributed by atoms with Crippen molar-refractivity contribution in [2.24, 2.45) is 0 Å². The lowest BCUT2D eigenvalue weighted by Gasteiger charge is -2.17. The predicted molar refractivity (Wildman–Crippen MR) is 94.6 cm³/mol. The summed E-state index contributed by atoms with van der Waals surface area (Å²) in [6.45, 7) is 0. The van der Waals surface area contributed by atoms with Crippen molar-refractivity contribution >= 4 is 29.3 Å². The van der Waals surface area contributed by atoms with E-state index in [1.807, 2.05) is 6.26 Å². The zero-order chi connectivity index (χ0) is 17.4. The smallest absolute Gasteiger partial charge is 0.287 e. The van der Waals surface area contributed by atoms with Gasteiger partial charge in [-0.25, -0.2) is 0 Å². The molecule has 1 atom stereocenters. The molecule has 24 heavy (non-hydrogen) atoms. The Bertz CT molecular complexity index is 656. The second-order valence-corrected chi connectivity index (χ2v) is 5.99. The number of carbonyl (C=O) groups excluding carboxylic acids is 2. The molecule has 2 rings (SSSR count). The summed E-state index contributed by atoms with van der Waals surface area (Å²) in [5, 5.41) is 5.52. The fourth-order valence-electron chi connectivity index (χ4n) is 2.05. The molecule has 2 amide bonds. The van der Waals surface area contributed by atoms with Crippen LogP contribution in [0.2, 0.25) is 0 Å². The van der Waals surface area contributed by atoms with Crippen molar-refractivity contribution in [3.8, 4) is 5.75 Å². The second-order valence-electron chi connectivity index (χ2n) is 5.00. The molecule has 1 aromatic heterocycles. The number of furan rings is 1. The van der Waals surface area contributed by atoms with E-state index in [0.717, 1.165) is 5.75 Å². The van der Waals surface area contributed by atoms with E-state index in [9.17, 15) is 9.59 Å². The number of hydrogen-bond donors (Lipinski definition) is 2. The van der Waals surface area contributed by atoms with Gasteiger partial charge in [-0.05, 0) is 54.8 Å². The molecule has 0 aliphatic carbocycles. The number of anilines is 1. The van der Waals surface area contributed by atoms with E-state index in [0.29, 0.717) is 17.9 Å². The predicted octanol–water partition coefficient (Wildman–Crippen LogP) is 2.78. The third-order valence-corrected chi connectivity index (χ3v) is 3.98. The Labute approximate surface area is 144 Å². The maximum absolute atomic E-state index is 12.5. The first-order chi connectivity index (χ1) is 11.6. The van der Waals surface area contributed by atoms with Gasteiger partial charge >= 0.3 is 0 Å². The van der Waals surface area contributed by atoms with E-state index in [2.05, 4.69) is 10.6 Å². The molecule has 0 saturated carbocycles. The Morgan fingerprint density at radius 2 is 2.00 bits per heavy atom. The second kappa shape index (κ2) is 9.02. The van der Waals surface area contributed by atoms with Gasteiger partial charge in [0.1, 0.15) is 11.8 Å². The third-order valence-electron chi connectivity index (χ3n) is 3.33. The summed E-state index contributed by atoms with van der Waals surface area (Å²) in [5.74, 6) is 0.962. The monoisotopic (exact) mass is 348 g/mol. The molecular weight excluding hydrogens is 328 g/mol. The van der Waals surface area contributed by atoms with Crippen LogP contribution >= 0.6 is 11.8 Å². The van der Waals surface area contributed by atoms with E-state index in [1.54, 1.807) is 55.3 Å². The molecule has 0 aliphatic rings. The summed E-state index contributed by atoms with van der Waals surface area (Å²) in [7, 11) is 1.58. The van der Waals surface area contributed by atoms with Crippen LogP contribution in [0.3, 0.4) is 0 Å². The minimum Gasteiger partial charge on any atom is -0.497 e. The summed E-state index contributed by atoms with van der Waals surface area (Å²) in [6.07, 6.45) is 3.89.